The summed E-state index contributed by atoms with van der Waals surface area (Å²) in [6, 6.07) is 22.7. The van der Waals surface area contributed by atoms with Gasteiger partial charge in [-0.25, -0.2) is 0 Å². The number of rotatable bonds is 4. The number of hydrogen-bond donors (Lipinski definition) is 2. The van der Waals surface area contributed by atoms with E-state index in [1.807, 2.05) is 18.2 Å². The maximum atomic E-state index is 6.07. The van der Waals surface area contributed by atoms with E-state index in [0.717, 1.165) is 29.8 Å². The molecule has 4 N–H and O–H groups in total. The van der Waals surface area contributed by atoms with Crippen LogP contribution in [-0.4, -0.2) is 0 Å². The predicted molar refractivity (Wildman–Crippen MR) is 100 cm³/mol. The zero-order valence-corrected chi connectivity index (χ0v) is 13.4. The molecular weight excluding hydrogens is 280 g/mol. The number of aryl methyl sites for hydroxylation is 1. The number of nitrogens with two attached hydrogens (primary N) is 2. The van der Waals surface area contributed by atoms with Gasteiger partial charge < -0.3 is 11.5 Å². The molecule has 23 heavy (non-hydrogen) atoms. The van der Waals surface area contributed by atoms with Gasteiger partial charge in [0.15, 0.2) is 0 Å². The smallest absolute Gasteiger partial charge is 0.0320 e. The molecule has 2 nitrogen and oxygen atoms in total. The van der Waals surface area contributed by atoms with E-state index in [-0.39, 0.29) is 0 Å². The summed E-state index contributed by atoms with van der Waals surface area (Å²) in [5, 5.41) is 0. The second-order valence-electron chi connectivity index (χ2n) is 5.83. The quantitative estimate of drug-likeness (QED) is 0.656. The van der Waals surface area contributed by atoms with Gasteiger partial charge in [0.2, 0.25) is 0 Å². The van der Waals surface area contributed by atoms with Crippen LogP contribution >= 0.6 is 0 Å². The first-order chi connectivity index (χ1) is 11.2. The third kappa shape index (κ3) is 3.21. The van der Waals surface area contributed by atoms with Crippen LogP contribution in [0.3, 0.4) is 0 Å². The summed E-state index contributed by atoms with van der Waals surface area (Å²) in [7, 11) is 0. The lowest BCUT2D eigenvalue weighted by molar-refractivity contribution is 0.924. The van der Waals surface area contributed by atoms with E-state index in [9.17, 15) is 0 Å². The Morgan fingerprint density at radius 3 is 2.13 bits per heavy atom. The summed E-state index contributed by atoms with van der Waals surface area (Å²) in [5.41, 5.74) is 19.6. The molecule has 0 spiro atoms. The summed E-state index contributed by atoms with van der Waals surface area (Å²) in [4.78, 5) is 0. The Balaban J connectivity index is 2.19. The van der Waals surface area contributed by atoms with Crippen molar-refractivity contribution in [1.82, 2.24) is 0 Å². The summed E-state index contributed by atoms with van der Waals surface area (Å²) >= 11 is 0. The van der Waals surface area contributed by atoms with Crippen LogP contribution in [0, 0.1) is 0 Å². The van der Waals surface area contributed by atoms with Crippen LogP contribution in [0.1, 0.15) is 18.9 Å². The lowest BCUT2D eigenvalue weighted by Crippen LogP contribution is -1.94. The number of nitrogen functional groups attached to an aromatic ring is 2. The molecule has 0 aliphatic heterocycles. The molecule has 0 aliphatic rings. The summed E-state index contributed by atoms with van der Waals surface area (Å²) in [6.45, 7) is 2.21. The van der Waals surface area contributed by atoms with Crippen LogP contribution in [0.15, 0.2) is 66.7 Å². The Labute approximate surface area is 137 Å². The monoisotopic (exact) mass is 302 g/mol. The molecule has 2 heteroatoms. The zero-order valence-electron chi connectivity index (χ0n) is 13.4. The molecule has 0 fully saturated rings. The Bertz CT molecular complexity index is 804. The van der Waals surface area contributed by atoms with Crippen molar-refractivity contribution in [2.45, 2.75) is 19.8 Å². The fraction of sp³-hybridized carbons (Fsp3) is 0.143. The molecule has 0 radical (unpaired) electrons. The first-order valence-corrected chi connectivity index (χ1v) is 8.02. The van der Waals surface area contributed by atoms with Crippen molar-refractivity contribution in [3.05, 3.63) is 72.3 Å². The summed E-state index contributed by atoms with van der Waals surface area (Å²) in [5.74, 6) is 0. The zero-order chi connectivity index (χ0) is 16.2. The van der Waals surface area contributed by atoms with Gasteiger partial charge in [0.05, 0.1) is 0 Å². The third-order valence-electron chi connectivity index (χ3n) is 4.09. The van der Waals surface area contributed by atoms with Crippen LogP contribution in [-0.2, 0) is 6.42 Å². The fourth-order valence-electron chi connectivity index (χ4n) is 2.97. The van der Waals surface area contributed by atoms with E-state index in [4.69, 9.17) is 11.5 Å². The van der Waals surface area contributed by atoms with Crippen molar-refractivity contribution >= 4 is 11.4 Å². The van der Waals surface area contributed by atoms with Gasteiger partial charge in [0, 0.05) is 11.4 Å². The standard InChI is InChI=1S/C21H22N2/c1-2-5-15-6-3-4-7-19(15)21-14-18(23)12-13-20(21)16-8-10-17(22)11-9-16/h3-4,6-14H,2,5,22-23H2,1H3. The molecule has 116 valence electrons. The molecule has 0 saturated heterocycles. The van der Waals surface area contributed by atoms with E-state index in [0.29, 0.717) is 0 Å². The minimum atomic E-state index is 0.775. The highest BCUT2D eigenvalue weighted by molar-refractivity contribution is 5.87. The molecule has 0 aliphatic carbocycles. The van der Waals surface area contributed by atoms with Crippen LogP contribution in [0.2, 0.25) is 0 Å². The molecule has 3 aromatic carbocycles. The van der Waals surface area contributed by atoms with E-state index in [1.165, 1.54) is 22.3 Å². The second-order valence-corrected chi connectivity index (χ2v) is 5.83. The highest BCUT2D eigenvalue weighted by Gasteiger charge is 2.11. The molecular formula is C21H22N2. The average Bonchev–Trinajstić information content (AvgIpc) is 2.57. The normalized spacial score (nSPS) is 10.7. The highest BCUT2D eigenvalue weighted by Crippen LogP contribution is 2.36. The lowest BCUT2D eigenvalue weighted by Gasteiger charge is -2.15. The van der Waals surface area contributed by atoms with Gasteiger partial charge in [-0.05, 0) is 58.5 Å². The molecule has 0 atom stereocenters. The summed E-state index contributed by atoms with van der Waals surface area (Å²) in [6.07, 6.45) is 2.18. The molecule has 0 bridgehead atoms. The first kappa shape index (κ1) is 15.2. The van der Waals surface area contributed by atoms with Crippen LogP contribution in [0.25, 0.3) is 22.3 Å². The SMILES string of the molecule is CCCc1ccccc1-c1cc(N)ccc1-c1ccc(N)cc1. The highest BCUT2D eigenvalue weighted by atomic mass is 14.5. The van der Waals surface area contributed by atoms with Gasteiger partial charge in [-0.1, -0.05) is 55.8 Å². The number of anilines is 2. The van der Waals surface area contributed by atoms with Gasteiger partial charge >= 0.3 is 0 Å². The molecule has 0 saturated carbocycles. The number of hydrogen-bond acceptors (Lipinski definition) is 2. The van der Waals surface area contributed by atoms with Gasteiger partial charge in [0.25, 0.3) is 0 Å². The van der Waals surface area contributed by atoms with E-state index < -0.39 is 0 Å². The van der Waals surface area contributed by atoms with Crippen molar-refractivity contribution < 1.29 is 0 Å². The lowest BCUT2D eigenvalue weighted by atomic mass is 9.90. The minimum absolute atomic E-state index is 0.775. The molecule has 0 aromatic heterocycles. The van der Waals surface area contributed by atoms with Crippen LogP contribution in [0.5, 0.6) is 0 Å². The molecule has 3 rings (SSSR count). The first-order valence-electron chi connectivity index (χ1n) is 8.02. The van der Waals surface area contributed by atoms with Crippen LogP contribution < -0.4 is 11.5 Å². The third-order valence-corrected chi connectivity index (χ3v) is 4.09. The van der Waals surface area contributed by atoms with Gasteiger partial charge in [-0.15, -0.1) is 0 Å². The van der Waals surface area contributed by atoms with E-state index in [1.54, 1.807) is 0 Å². The topological polar surface area (TPSA) is 52.0 Å². The number of benzene rings is 3. The van der Waals surface area contributed by atoms with Gasteiger partial charge in [-0.3, -0.25) is 0 Å². The van der Waals surface area contributed by atoms with E-state index in [2.05, 4.69) is 55.5 Å². The second kappa shape index (κ2) is 6.57. The maximum Gasteiger partial charge on any atom is 0.0320 e. The Morgan fingerprint density at radius 1 is 0.696 bits per heavy atom. The predicted octanol–water partition coefficient (Wildman–Crippen LogP) is 5.14. The Hall–Kier alpha value is -2.74. The molecule has 0 amide bonds. The van der Waals surface area contributed by atoms with Crippen molar-refractivity contribution in [2.75, 3.05) is 11.5 Å². The van der Waals surface area contributed by atoms with Crippen molar-refractivity contribution in [1.29, 1.82) is 0 Å². The van der Waals surface area contributed by atoms with Gasteiger partial charge in [-0.2, -0.15) is 0 Å². The van der Waals surface area contributed by atoms with Crippen LogP contribution in [0.4, 0.5) is 11.4 Å². The van der Waals surface area contributed by atoms with Crippen molar-refractivity contribution in [3.8, 4) is 22.3 Å². The average molecular weight is 302 g/mol. The largest absolute Gasteiger partial charge is 0.399 e. The Morgan fingerprint density at radius 2 is 1.39 bits per heavy atom. The van der Waals surface area contributed by atoms with Crippen molar-refractivity contribution in [2.24, 2.45) is 0 Å². The molecule has 0 unspecified atom stereocenters. The fourth-order valence-corrected chi connectivity index (χ4v) is 2.97. The minimum Gasteiger partial charge on any atom is -0.399 e. The molecule has 0 heterocycles. The van der Waals surface area contributed by atoms with E-state index >= 15 is 0 Å². The summed E-state index contributed by atoms with van der Waals surface area (Å²) < 4.78 is 0. The van der Waals surface area contributed by atoms with Crippen molar-refractivity contribution in [3.63, 3.8) is 0 Å². The Kier molecular flexibility index (Phi) is 4.33. The molecule has 3 aromatic rings. The van der Waals surface area contributed by atoms with Gasteiger partial charge in [0.1, 0.15) is 0 Å². The maximum absolute atomic E-state index is 6.07.